The Hall–Kier alpha value is -2.12. The van der Waals surface area contributed by atoms with Crippen LogP contribution in [0.3, 0.4) is 0 Å². The summed E-state index contributed by atoms with van der Waals surface area (Å²) in [6, 6.07) is 16.8. The topological polar surface area (TPSA) is 57.9 Å². The smallest absolute Gasteiger partial charge is 0.207 e. The van der Waals surface area contributed by atoms with Crippen LogP contribution >= 0.6 is 0 Å². The molecule has 0 aliphatic rings. The van der Waals surface area contributed by atoms with Crippen LogP contribution in [-0.2, 0) is 9.84 Å². The third-order valence-electron chi connectivity index (χ3n) is 2.29. The van der Waals surface area contributed by atoms with E-state index in [1.807, 2.05) is 6.07 Å². The molecule has 0 fully saturated rings. The average Bonchev–Trinajstić information content (AvgIpc) is 2.39. The summed E-state index contributed by atoms with van der Waals surface area (Å²) in [6.45, 7) is 0. The van der Waals surface area contributed by atoms with E-state index < -0.39 is 9.84 Å². The lowest BCUT2D eigenvalue weighted by molar-refractivity contribution is 0.596. The van der Waals surface area contributed by atoms with Crippen molar-refractivity contribution < 1.29 is 8.42 Å². The van der Waals surface area contributed by atoms with Gasteiger partial charge in [0.1, 0.15) is 6.07 Å². The van der Waals surface area contributed by atoms with Crippen molar-refractivity contribution in [2.75, 3.05) is 0 Å². The Kier molecular flexibility index (Phi) is 2.94. The molecular weight excluding hydrogens is 234 g/mol. The molecule has 0 heterocycles. The Morgan fingerprint density at radius 2 is 1.82 bits per heavy atom. The minimum Gasteiger partial charge on any atom is -0.218 e. The van der Waals surface area contributed by atoms with Crippen LogP contribution in [0, 0.1) is 17.4 Å². The Morgan fingerprint density at radius 1 is 1.12 bits per heavy atom. The van der Waals surface area contributed by atoms with Crippen molar-refractivity contribution in [1.29, 1.82) is 5.26 Å². The van der Waals surface area contributed by atoms with Gasteiger partial charge in [0.15, 0.2) is 0 Å². The molecule has 2 aromatic rings. The summed E-state index contributed by atoms with van der Waals surface area (Å²) in [5.74, 6) is 0. The SMILES string of the molecule is N#Cc1c[c]ccc1S(=O)(=O)c1ccccc1. The van der Waals surface area contributed by atoms with Crippen molar-refractivity contribution in [3.8, 4) is 6.07 Å². The molecule has 0 unspecified atom stereocenters. The summed E-state index contributed by atoms with van der Waals surface area (Å²) in [4.78, 5) is 0.202. The van der Waals surface area contributed by atoms with Crippen LogP contribution in [0.15, 0.2) is 58.3 Å². The van der Waals surface area contributed by atoms with Gasteiger partial charge in [-0.1, -0.05) is 24.3 Å². The van der Waals surface area contributed by atoms with Crippen molar-refractivity contribution in [3.63, 3.8) is 0 Å². The normalized spacial score (nSPS) is 10.8. The highest BCUT2D eigenvalue weighted by Crippen LogP contribution is 2.22. The van der Waals surface area contributed by atoms with Crippen LogP contribution in [0.1, 0.15) is 5.56 Å². The second kappa shape index (κ2) is 4.40. The van der Waals surface area contributed by atoms with E-state index in [1.165, 1.54) is 30.3 Å². The van der Waals surface area contributed by atoms with Gasteiger partial charge in [0.25, 0.3) is 0 Å². The summed E-state index contributed by atoms with van der Waals surface area (Å²) in [5, 5.41) is 8.89. The first-order valence-corrected chi connectivity index (χ1v) is 6.35. The third-order valence-corrected chi connectivity index (χ3v) is 4.12. The fourth-order valence-corrected chi connectivity index (χ4v) is 2.88. The van der Waals surface area contributed by atoms with Crippen LogP contribution in [0.2, 0.25) is 0 Å². The maximum atomic E-state index is 12.2. The first-order chi connectivity index (χ1) is 8.16. The molecule has 3 nitrogen and oxygen atoms in total. The lowest BCUT2D eigenvalue weighted by Crippen LogP contribution is -2.03. The Labute approximate surface area is 99.9 Å². The summed E-state index contributed by atoms with van der Waals surface area (Å²) in [6.07, 6.45) is 0. The fourth-order valence-electron chi connectivity index (χ4n) is 1.46. The Balaban J connectivity index is 2.66. The monoisotopic (exact) mass is 242 g/mol. The van der Waals surface area contributed by atoms with Gasteiger partial charge < -0.3 is 0 Å². The zero-order valence-corrected chi connectivity index (χ0v) is 9.61. The summed E-state index contributed by atoms with van der Waals surface area (Å²) >= 11 is 0. The van der Waals surface area contributed by atoms with Gasteiger partial charge >= 0.3 is 0 Å². The number of hydrogen-bond acceptors (Lipinski definition) is 3. The minimum absolute atomic E-state index is 0.0185. The molecule has 83 valence electrons. The lowest BCUT2D eigenvalue weighted by atomic mass is 10.2. The van der Waals surface area contributed by atoms with Crippen molar-refractivity contribution >= 4 is 9.84 Å². The molecule has 0 aromatic heterocycles. The maximum Gasteiger partial charge on any atom is 0.207 e. The molecule has 0 N–H and O–H groups in total. The van der Waals surface area contributed by atoms with E-state index in [1.54, 1.807) is 18.2 Å². The molecule has 4 heteroatoms. The first-order valence-electron chi connectivity index (χ1n) is 4.86. The van der Waals surface area contributed by atoms with E-state index in [4.69, 9.17) is 5.26 Å². The van der Waals surface area contributed by atoms with E-state index in [0.29, 0.717) is 0 Å². The molecule has 0 aliphatic carbocycles. The minimum atomic E-state index is -3.62. The molecule has 0 saturated heterocycles. The summed E-state index contributed by atoms with van der Waals surface area (Å²) in [7, 11) is -3.62. The molecule has 17 heavy (non-hydrogen) atoms. The molecule has 0 amide bonds. The van der Waals surface area contributed by atoms with E-state index in [0.717, 1.165) is 0 Å². The Bertz CT molecular complexity index is 670. The van der Waals surface area contributed by atoms with E-state index in [9.17, 15) is 8.42 Å². The van der Waals surface area contributed by atoms with Crippen molar-refractivity contribution in [3.05, 3.63) is 60.2 Å². The van der Waals surface area contributed by atoms with Gasteiger partial charge in [0.05, 0.1) is 15.4 Å². The molecule has 0 saturated carbocycles. The predicted octanol–water partition coefficient (Wildman–Crippen LogP) is 2.19. The van der Waals surface area contributed by atoms with Crippen LogP contribution in [0.5, 0.6) is 0 Å². The third kappa shape index (κ3) is 2.05. The first kappa shape index (κ1) is 11.4. The van der Waals surface area contributed by atoms with Crippen molar-refractivity contribution in [2.24, 2.45) is 0 Å². The summed E-state index contributed by atoms with van der Waals surface area (Å²) < 4.78 is 24.5. The van der Waals surface area contributed by atoms with Crippen LogP contribution in [0.4, 0.5) is 0 Å². The fraction of sp³-hybridized carbons (Fsp3) is 0. The molecule has 0 spiro atoms. The van der Waals surface area contributed by atoms with Gasteiger partial charge in [0.2, 0.25) is 9.84 Å². The van der Waals surface area contributed by atoms with Gasteiger partial charge in [0, 0.05) is 0 Å². The van der Waals surface area contributed by atoms with Gasteiger partial charge in [-0.25, -0.2) is 8.42 Å². The van der Waals surface area contributed by atoms with Gasteiger partial charge in [-0.05, 0) is 30.3 Å². The number of nitriles is 1. The molecule has 2 aromatic carbocycles. The number of rotatable bonds is 2. The zero-order valence-electron chi connectivity index (χ0n) is 8.79. The standard InChI is InChI=1S/C13H8NO2S/c14-10-11-6-4-5-9-13(11)17(15,16)12-7-2-1-3-8-12/h1-3,5-9H. The van der Waals surface area contributed by atoms with Crippen LogP contribution in [-0.4, -0.2) is 8.42 Å². The number of hydrogen-bond donors (Lipinski definition) is 0. The average molecular weight is 242 g/mol. The van der Waals surface area contributed by atoms with Gasteiger partial charge in [-0.15, -0.1) is 0 Å². The van der Waals surface area contributed by atoms with Crippen molar-refractivity contribution in [2.45, 2.75) is 9.79 Å². The van der Waals surface area contributed by atoms with Gasteiger partial charge in [-0.3, -0.25) is 0 Å². The molecule has 2 rings (SSSR count). The number of sulfone groups is 1. The quantitative estimate of drug-likeness (QED) is 0.811. The second-order valence-corrected chi connectivity index (χ2v) is 5.27. The highest BCUT2D eigenvalue weighted by Gasteiger charge is 2.20. The van der Waals surface area contributed by atoms with Gasteiger partial charge in [-0.2, -0.15) is 5.26 Å². The predicted molar refractivity (Wildman–Crippen MR) is 61.9 cm³/mol. The van der Waals surface area contributed by atoms with Crippen LogP contribution < -0.4 is 0 Å². The molecule has 0 aliphatic heterocycles. The number of nitrogens with zero attached hydrogens (tertiary/aromatic N) is 1. The molecule has 1 radical (unpaired) electrons. The van der Waals surface area contributed by atoms with Crippen LogP contribution in [0.25, 0.3) is 0 Å². The van der Waals surface area contributed by atoms with Crippen molar-refractivity contribution in [1.82, 2.24) is 0 Å². The van der Waals surface area contributed by atoms with E-state index >= 15 is 0 Å². The highest BCUT2D eigenvalue weighted by molar-refractivity contribution is 7.91. The molecular formula is C13H8NO2S. The molecule has 0 bridgehead atoms. The Morgan fingerprint density at radius 3 is 2.47 bits per heavy atom. The highest BCUT2D eigenvalue weighted by atomic mass is 32.2. The molecule has 0 atom stereocenters. The van der Waals surface area contributed by atoms with E-state index in [-0.39, 0.29) is 15.4 Å². The zero-order chi connectivity index (χ0) is 12.3. The van der Waals surface area contributed by atoms with E-state index in [2.05, 4.69) is 6.07 Å². The number of benzene rings is 2. The lowest BCUT2D eigenvalue weighted by Gasteiger charge is -2.05. The second-order valence-electron chi connectivity index (χ2n) is 3.35. The summed E-state index contributed by atoms with van der Waals surface area (Å²) in [5.41, 5.74) is 0.108. The largest absolute Gasteiger partial charge is 0.218 e. The maximum absolute atomic E-state index is 12.2.